The number of rotatable bonds is 6. The van der Waals surface area contributed by atoms with Crippen LogP contribution in [0.15, 0.2) is 34.9 Å². The van der Waals surface area contributed by atoms with Gasteiger partial charge in [-0.3, -0.25) is 14.5 Å². The van der Waals surface area contributed by atoms with Crippen LogP contribution in [0.4, 0.5) is 5.82 Å². The second-order valence-corrected chi connectivity index (χ2v) is 8.10. The highest BCUT2D eigenvalue weighted by Crippen LogP contribution is 2.28. The summed E-state index contributed by atoms with van der Waals surface area (Å²) in [6, 6.07) is 8.75. The number of hydrogen-bond donors (Lipinski definition) is 0. The fraction of sp³-hybridized carbons (Fsp3) is 0.333. The third-order valence-electron chi connectivity index (χ3n) is 4.97. The third kappa shape index (κ3) is 4.42. The van der Waals surface area contributed by atoms with Crippen molar-refractivity contribution in [3.8, 4) is 11.3 Å². The molecule has 1 aromatic carbocycles. The van der Waals surface area contributed by atoms with Crippen LogP contribution in [0, 0.1) is 6.92 Å². The topological polar surface area (TPSA) is 81.2 Å². The van der Waals surface area contributed by atoms with Gasteiger partial charge >= 0.3 is 0 Å². The van der Waals surface area contributed by atoms with Crippen molar-refractivity contribution in [2.45, 2.75) is 39.2 Å². The summed E-state index contributed by atoms with van der Waals surface area (Å²) >= 11 is 12.0. The van der Waals surface area contributed by atoms with Crippen LogP contribution in [0.1, 0.15) is 30.7 Å². The van der Waals surface area contributed by atoms with Crippen molar-refractivity contribution < 1.29 is 14.1 Å². The second kappa shape index (κ2) is 8.62. The Morgan fingerprint density at radius 2 is 1.93 bits per heavy atom. The van der Waals surface area contributed by atoms with Crippen LogP contribution in [-0.2, 0) is 22.6 Å². The summed E-state index contributed by atoms with van der Waals surface area (Å²) in [4.78, 5) is 26.7. The maximum absolute atomic E-state index is 12.6. The van der Waals surface area contributed by atoms with Gasteiger partial charge in [0.05, 0.1) is 22.2 Å². The number of nitrogens with zero attached hydrogens (tertiary/aromatic N) is 4. The van der Waals surface area contributed by atoms with E-state index < -0.39 is 0 Å². The fourth-order valence-electron chi connectivity index (χ4n) is 3.51. The molecule has 0 radical (unpaired) electrons. The molecule has 7 nitrogen and oxygen atoms in total. The zero-order valence-electron chi connectivity index (χ0n) is 16.4. The number of amides is 1. The lowest BCUT2D eigenvalue weighted by Gasteiger charge is -2.27. The third-order valence-corrected chi connectivity index (χ3v) is 5.71. The number of anilines is 1. The molecule has 0 aliphatic carbocycles. The van der Waals surface area contributed by atoms with E-state index in [-0.39, 0.29) is 31.0 Å². The standard InChI is InChI=1S/C21H20Cl2N4O3/c1-13-9-20-26(7-2-8-27(20)24-13)21(29)6-4-15(28)11-16-12-19(25-30-16)14-3-5-17(22)18(23)10-14/h3,5,9-10,12H,2,4,6-8,11H2,1H3. The molecule has 3 aromatic rings. The van der Waals surface area contributed by atoms with E-state index in [2.05, 4.69) is 10.3 Å². The molecule has 0 saturated carbocycles. The molecule has 9 heteroatoms. The Labute approximate surface area is 183 Å². The average Bonchev–Trinajstić information content (AvgIpc) is 3.33. The van der Waals surface area contributed by atoms with Gasteiger partial charge in [-0.2, -0.15) is 5.10 Å². The Bertz CT molecular complexity index is 1110. The highest BCUT2D eigenvalue weighted by molar-refractivity contribution is 6.42. The normalized spacial score (nSPS) is 13.4. The first kappa shape index (κ1) is 20.6. The van der Waals surface area contributed by atoms with Crippen LogP contribution in [-0.4, -0.2) is 33.2 Å². The fourth-order valence-corrected chi connectivity index (χ4v) is 3.81. The van der Waals surface area contributed by atoms with Crippen LogP contribution in [0.5, 0.6) is 0 Å². The molecule has 0 saturated heterocycles. The predicted octanol–water partition coefficient (Wildman–Crippen LogP) is 4.48. The van der Waals surface area contributed by atoms with Crippen molar-refractivity contribution >= 4 is 40.7 Å². The Kier molecular flexibility index (Phi) is 5.92. The molecule has 0 N–H and O–H groups in total. The number of fused-ring (bicyclic) bond motifs is 1. The summed E-state index contributed by atoms with van der Waals surface area (Å²) in [6.07, 6.45) is 1.23. The molecule has 1 aliphatic rings. The molecule has 0 unspecified atom stereocenters. The first-order valence-electron chi connectivity index (χ1n) is 9.68. The van der Waals surface area contributed by atoms with Gasteiger partial charge in [-0.05, 0) is 25.5 Å². The number of hydrogen-bond acceptors (Lipinski definition) is 5. The van der Waals surface area contributed by atoms with E-state index >= 15 is 0 Å². The van der Waals surface area contributed by atoms with Crippen molar-refractivity contribution in [1.29, 1.82) is 0 Å². The number of aromatic nitrogens is 3. The minimum atomic E-state index is -0.0816. The Hall–Kier alpha value is -2.64. The number of benzene rings is 1. The van der Waals surface area contributed by atoms with E-state index in [9.17, 15) is 9.59 Å². The van der Waals surface area contributed by atoms with Gasteiger partial charge in [-0.15, -0.1) is 0 Å². The van der Waals surface area contributed by atoms with Crippen LogP contribution >= 0.6 is 23.2 Å². The highest BCUT2D eigenvalue weighted by Gasteiger charge is 2.24. The monoisotopic (exact) mass is 446 g/mol. The second-order valence-electron chi connectivity index (χ2n) is 7.29. The predicted molar refractivity (Wildman–Crippen MR) is 114 cm³/mol. The van der Waals surface area contributed by atoms with Gasteiger partial charge in [0.15, 0.2) is 0 Å². The zero-order chi connectivity index (χ0) is 21.3. The Morgan fingerprint density at radius 3 is 2.73 bits per heavy atom. The highest BCUT2D eigenvalue weighted by atomic mass is 35.5. The molecule has 4 rings (SSSR count). The van der Waals surface area contributed by atoms with Gasteiger partial charge in [0.1, 0.15) is 23.1 Å². The van der Waals surface area contributed by atoms with Gasteiger partial charge in [-0.25, -0.2) is 4.68 Å². The summed E-state index contributed by atoms with van der Waals surface area (Å²) in [5, 5.41) is 9.26. The Balaban J connectivity index is 1.34. The number of ketones is 1. The molecule has 156 valence electrons. The summed E-state index contributed by atoms with van der Waals surface area (Å²) in [7, 11) is 0. The van der Waals surface area contributed by atoms with Crippen molar-refractivity contribution in [1.82, 2.24) is 14.9 Å². The molecular weight excluding hydrogens is 427 g/mol. The van der Waals surface area contributed by atoms with Gasteiger partial charge < -0.3 is 4.52 Å². The molecule has 0 spiro atoms. The average molecular weight is 447 g/mol. The largest absolute Gasteiger partial charge is 0.360 e. The van der Waals surface area contributed by atoms with E-state index in [1.54, 1.807) is 29.2 Å². The Morgan fingerprint density at radius 1 is 1.10 bits per heavy atom. The van der Waals surface area contributed by atoms with E-state index in [1.807, 2.05) is 17.7 Å². The number of carbonyl (C=O) groups excluding carboxylic acids is 2. The smallest absolute Gasteiger partial charge is 0.228 e. The van der Waals surface area contributed by atoms with Crippen molar-refractivity contribution in [3.63, 3.8) is 0 Å². The molecule has 2 aromatic heterocycles. The van der Waals surface area contributed by atoms with Gasteiger partial charge in [0, 0.05) is 43.6 Å². The lowest BCUT2D eigenvalue weighted by Crippen LogP contribution is -2.37. The van der Waals surface area contributed by atoms with Gasteiger partial charge in [0.2, 0.25) is 5.91 Å². The van der Waals surface area contributed by atoms with Crippen LogP contribution < -0.4 is 4.90 Å². The summed E-state index contributed by atoms with van der Waals surface area (Å²) < 4.78 is 7.12. The summed E-state index contributed by atoms with van der Waals surface area (Å²) in [5.74, 6) is 1.10. The van der Waals surface area contributed by atoms with Gasteiger partial charge in [-0.1, -0.05) is 34.4 Å². The molecule has 1 aliphatic heterocycles. The van der Waals surface area contributed by atoms with Crippen molar-refractivity contribution in [3.05, 3.63) is 51.8 Å². The van der Waals surface area contributed by atoms with Crippen LogP contribution in [0.2, 0.25) is 10.0 Å². The molecule has 1 amide bonds. The molecular formula is C21H20Cl2N4O3. The quantitative estimate of drug-likeness (QED) is 0.557. The van der Waals surface area contributed by atoms with E-state index in [1.165, 1.54) is 0 Å². The maximum Gasteiger partial charge on any atom is 0.228 e. The summed E-state index contributed by atoms with van der Waals surface area (Å²) in [6.45, 7) is 3.35. The molecule has 0 bridgehead atoms. The molecule has 0 fully saturated rings. The minimum Gasteiger partial charge on any atom is -0.360 e. The number of halogens is 2. The molecule has 3 heterocycles. The van der Waals surface area contributed by atoms with E-state index in [4.69, 9.17) is 27.7 Å². The van der Waals surface area contributed by atoms with Gasteiger partial charge in [0.25, 0.3) is 0 Å². The number of Topliss-reactive ketones (excluding diaryl/α,β-unsaturated/α-hetero) is 1. The van der Waals surface area contributed by atoms with Crippen LogP contribution in [0.3, 0.4) is 0 Å². The first-order valence-corrected chi connectivity index (χ1v) is 10.4. The van der Waals surface area contributed by atoms with Crippen molar-refractivity contribution in [2.24, 2.45) is 0 Å². The molecule has 30 heavy (non-hydrogen) atoms. The lowest BCUT2D eigenvalue weighted by molar-refractivity contribution is -0.124. The first-order chi connectivity index (χ1) is 14.4. The van der Waals surface area contributed by atoms with Crippen LogP contribution in [0.25, 0.3) is 11.3 Å². The summed E-state index contributed by atoms with van der Waals surface area (Å²) in [5.41, 5.74) is 2.20. The minimum absolute atomic E-state index is 0.0711. The number of carbonyl (C=O) groups is 2. The maximum atomic E-state index is 12.6. The molecule has 0 atom stereocenters. The lowest BCUT2D eigenvalue weighted by atomic mass is 10.1. The van der Waals surface area contributed by atoms with E-state index in [0.29, 0.717) is 28.0 Å². The SMILES string of the molecule is Cc1cc2n(n1)CCCN2C(=O)CCC(=O)Cc1cc(-c2ccc(Cl)c(Cl)c2)no1. The number of aryl methyl sites for hydroxylation is 2. The van der Waals surface area contributed by atoms with E-state index in [0.717, 1.165) is 30.0 Å². The van der Waals surface area contributed by atoms with Crippen molar-refractivity contribution in [2.75, 3.05) is 11.4 Å². The zero-order valence-corrected chi connectivity index (χ0v) is 17.9.